The number of aliphatic hydroxyl groups is 1. The van der Waals surface area contributed by atoms with Gasteiger partial charge in [-0.05, 0) is 31.2 Å². The number of nitrogens with zero attached hydrogens (tertiary/aromatic N) is 2. The van der Waals surface area contributed by atoms with Gasteiger partial charge in [-0.1, -0.05) is 50.1 Å². The zero-order chi connectivity index (χ0) is 26.8. The van der Waals surface area contributed by atoms with Crippen LogP contribution in [0.3, 0.4) is 0 Å². The van der Waals surface area contributed by atoms with Gasteiger partial charge in [-0.15, -0.1) is 0 Å². The number of hydrogen-bond donors (Lipinski definition) is 3. The van der Waals surface area contributed by atoms with Crippen molar-refractivity contribution in [2.45, 2.75) is 89.6 Å². The number of unbranched alkanes of at least 4 members (excludes halogenated alkanes) is 2. The molecule has 0 radical (unpaired) electrons. The quantitative estimate of drug-likeness (QED) is 0.249. The highest BCUT2D eigenvalue weighted by Gasteiger charge is 2.35. The predicted octanol–water partition coefficient (Wildman–Crippen LogP) is 4.83. The van der Waals surface area contributed by atoms with Gasteiger partial charge < -0.3 is 20.4 Å². The Bertz CT molecular complexity index is 1070. The normalized spacial score (nSPS) is 15.8. The number of rotatable bonds is 14. The van der Waals surface area contributed by atoms with Gasteiger partial charge >= 0.3 is 0 Å². The Morgan fingerprint density at radius 2 is 1.84 bits per heavy atom. The molecule has 0 bridgehead atoms. The van der Waals surface area contributed by atoms with Crippen molar-refractivity contribution in [3.05, 3.63) is 42.4 Å². The van der Waals surface area contributed by atoms with Crippen LogP contribution in [0.5, 0.6) is 0 Å². The Morgan fingerprint density at radius 1 is 1.14 bits per heavy atom. The molecule has 3 N–H and O–H groups in total. The number of piperidine rings is 1. The summed E-state index contributed by atoms with van der Waals surface area (Å²) < 4.78 is 0. The van der Waals surface area contributed by atoms with E-state index in [1.165, 1.54) is 6.92 Å². The van der Waals surface area contributed by atoms with Crippen LogP contribution in [-0.2, 0) is 14.4 Å². The molecule has 2 aromatic rings. The van der Waals surface area contributed by atoms with Gasteiger partial charge in [0.25, 0.3) is 0 Å². The first-order valence-corrected chi connectivity index (χ1v) is 13.4. The number of nitrogens with one attached hydrogen (secondary N) is 2. The lowest BCUT2D eigenvalue weighted by Gasteiger charge is -2.37. The Morgan fingerprint density at radius 3 is 2.49 bits per heavy atom. The smallest absolute Gasteiger partial charge is 0.219 e. The number of likely N-dealkylation sites (tertiary alicyclic amines) is 1. The molecule has 200 valence electrons. The Balaban J connectivity index is 1.63. The number of hydrogen-bond acceptors (Lipinski definition) is 6. The number of H-pyrrole nitrogens is 1. The van der Waals surface area contributed by atoms with Crippen LogP contribution in [0.1, 0.15) is 89.8 Å². The minimum Gasteiger partial charge on any atom is -0.389 e. The number of imidazole rings is 1. The lowest BCUT2D eigenvalue weighted by molar-refractivity contribution is -0.133. The van der Waals surface area contributed by atoms with Crippen LogP contribution >= 0.6 is 0 Å². The number of Topliss-reactive ketones (excluding diaryl/α,β-unsaturated/α-hetero) is 2. The third kappa shape index (κ3) is 8.45. The highest BCUT2D eigenvalue weighted by Crippen LogP contribution is 2.30. The van der Waals surface area contributed by atoms with Crippen molar-refractivity contribution in [3.63, 3.8) is 0 Å². The van der Waals surface area contributed by atoms with Crippen molar-refractivity contribution < 1.29 is 19.5 Å². The van der Waals surface area contributed by atoms with E-state index in [0.717, 1.165) is 42.8 Å². The Kier molecular flexibility index (Phi) is 10.3. The maximum absolute atomic E-state index is 13.1. The number of aromatic nitrogens is 2. The summed E-state index contributed by atoms with van der Waals surface area (Å²) in [5.41, 5.74) is 0.678. The molecule has 3 rings (SSSR count). The molecule has 0 aliphatic carbocycles. The van der Waals surface area contributed by atoms with Gasteiger partial charge in [0, 0.05) is 51.6 Å². The fourth-order valence-corrected chi connectivity index (χ4v) is 4.90. The van der Waals surface area contributed by atoms with Gasteiger partial charge in [0.05, 0.1) is 23.2 Å². The van der Waals surface area contributed by atoms with E-state index >= 15 is 0 Å². The van der Waals surface area contributed by atoms with Crippen molar-refractivity contribution in [1.29, 1.82) is 5.41 Å². The Labute approximate surface area is 219 Å². The van der Waals surface area contributed by atoms with Crippen LogP contribution in [-0.4, -0.2) is 61.9 Å². The molecule has 1 aliphatic heterocycles. The molecule has 1 aromatic carbocycles. The van der Waals surface area contributed by atoms with E-state index in [2.05, 4.69) is 9.97 Å². The fraction of sp³-hybridized carbons (Fsp3) is 0.552. The number of ketones is 2. The molecular formula is C29H40N4O4. The van der Waals surface area contributed by atoms with E-state index in [4.69, 9.17) is 5.41 Å². The molecule has 37 heavy (non-hydrogen) atoms. The van der Waals surface area contributed by atoms with E-state index in [9.17, 15) is 19.5 Å². The molecule has 1 fully saturated rings. The topological polar surface area (TPSA) is 127 Å². The second-order valence-corrected chi connectivity index (χ2v) is 10.2. The van der Waals surface area contributed by atoms with Crippen molar-refractivity contribution in [3.8, 4) is 11.3 Å². The highest BCUT2D eigenvalue weighted by atomic mass is 16.3. The van der Waals surface area contributed by atoms with E-state index in [-0.39, 0.29) is 41.9 Å². The Hall–Kier alpha value is -3.13. The van der Waals surface area contributed by atoms with Crippen molar-refractivity contribution in [2.75, 3.05) is 13.1 Å². The summed E-state index contributed by atoms with van der Waals surface area (Å²) in [5, 5.41) is 19.4. The molecule has 1 atom stereocenters. The maximum atomic E-state index is 13.1. The summed E-state index contributed by atoms with van der Waals surface area (Å²) in [4.78, 5) is 46.0. The molecule has 1 aromatic heterocycles. The zero-order valence-corrected chi connectivity index (χ0v) is 22.1. The highest BCUT2D eigenvalue weighted by molar-refractivity contribution is 6.38. The molecule has 8 heteroatoms. The van der Waals surface area contributed by atoms with Crippen LogP contribution in [0, 0.1) is 5.41 Å². The average Bonchev–Trinajstić information content (AvgIpc) is 3.38. The summed E-state index contributed by atoms with van der Waals surface area (Å²) in [7, 11) is 0. The van der Waals surface area contributed by atoms with Crippen LogP contribution < -0.4 is 0 Å². The monoisotopic (exact) mass is 508 g/mol. The summed E-state index contributed by atoms with van der Waals surface area (Å²) in [6.07, 6.45) is 7.10. The van der Waals surface area contributed by atoms with E-state index in [1.807, 2.05) is 37.3 Å². The predicted molar refractivity (Wildman–Crippen MR) is 144 cm³/mol. The minimum atomic E-state index is -1.13. The van der Waals surface area contributed by atoms with E-state index < -0.39 is 5.60 Å². The number of aromatic amines is 1. The molecule has 1 aliphatic rings. The van der Waals surface area contributed by atoms with Gasteiger partial charge in [-0.25, -0.2) is 4.98 Å². The summed E-state index contributed by atoms with van der Waals surface area (Å²) in [5.74, 6) is 0.500. The summed E-state index contributed by atoms with van der Waals surface area (Å²) >= 11 is 0. The molecular weight excluding hydrogens is 468 g/mol. The first-order chi connectivity index (χ1) is 17.7. The number of benzene rings is 1. The van der Waals surface area contributed by atoms with Crippen molar-refractivity contribution >= 4 is 23.2 Å². The van der Waals surface area contributed by atoms with E-state index in [1.54, 1.807) is 11.1 Å². The summed E-state index contributed by atoms with van der Waals surface area (Å²) in [6.45, 7) is 4.26. The molecule has 1 saturated heterocycles. The second-order valence-electron chi connectivity index (χ2n) is 10.2. The van der Waals surface area contributed by atoms with E-state index in [0.29, 0.717) is 38.8 Å². The van der Waals surface area contributed by atoms with Gasteiger partial charge in [-0.3, -0.25) is 14.4 Å². The number of carbonyl (C=O) groups is 3. The first-order valence-electron chi connectivity index (χ1n) is 13.4. The van der Waals surface area contributed by atoms with Crippen LogP contribution in [0.15, 0.2) is 36.5 Å². The lowest BCUT2D eigenvalue weighted by Crippen LogP contribution is -2.47. The van der Waals surface area contributed by atoms with Crippen molar-refractivity contribution in [1.82, 2.24) is 14.9 Å². The molecule has 8 nitrogen and oxygen atoms in total. The lowest BCUT2D eigenvalue weighted by atomic mass is 9.84. The third-order valence-corrected chi connectivity index (χ3v) is 7.38. The first kappa shape index (κ1) is 28.4. The maximum Gasteiger partial charge on any atom is 0.219 e. The standard InChI is InChI=1S/C29H40N4O4/c1-3-24(35)13-9-5-8-12-23(28-31-20-26(32-28)22-10-6-4-7-11-22)18-27(36)25(30)19-29(37)14-16-33(17-15-29)21(2)34/h4,6-7,10-11,20,23,30,37H,3,5,8-9,12-19H2,1-2H3,(H,31,32)/t23-/m1/s1. The van der Waals surface area contributed by atoms with Gasteiger partial charge in [0.15, 0.2) is 5.78 Å². The summed E-state index contributed by atoms with van der Waals surface area (Å²) in [6, 6.07) is 9.86. The van der Waals surface area contributed by atoms with Crippen molar-refractivity contribution in [2.24, 2.45) is 0 Å². The number of carbonyl (C=O) groups excluding carboxylic acids is 3. The van der Waals surface area contributed by atoms with Crippen LogP contribution in [0.2, 0.25) is 0 Å². The number of amides is 1. The second kappa shape index (κ2) is 13.4. The van der Waals surface area contributed by atoms with Crippen LogP contribution in [0.25, 0.3) is 11.3 Å². The van der Waals surface area contributed by atoms with Gasteiger partial charge in [-0.2, -0.15) is 0 Å². The average molecular weight is 509 g/mol. The molecule has 0 spiro atoms. The van der Waals surface area contributed by atoms with Crippen LogP contribution in [0.4, 0.5) is 0 Å². The van der Waals surface area contributed by atoms with Gasteiger partial charge in [0.2, 0.25) is 5.91 Å². The molecule has 2 heterocycles. The SMILES string of the molecule is CCC(=O)CCCCC[C@H](CC(=O)C(=N)CC1(O)CCN(C(C)=O)CC1)c1ncc(-c2ccccc2)[nH]1. The largest absolute Gasteiger partial charge is 0.389 e. The fourth-order valence-electron chi connectivity index (χ4n) is 4.90. The zero-order valence-electron chi connectivity index (χ0n) is 22.1. The minimum absolute atomic E-state index is 0.00313. The molecule has 0 saturated carbocycles. The third-order valence-electron chi connectivity index (χ3n) is 7.38. The van der Waals surface area contributed by atoms with Gasteiger partial charge in [0.1, 0.15) is 11.6 Å². The molecule has 0 unspecified atom stereocenters. The molecule has 1 amide bonds.